The number of hydrogen-bond acceptors (Lipinski definition) is 3. The summed E-state index contributed by atoms with van der Waals surface area (Å²) in [5.41, 5.74) is 1.84. The molecule has 130 valence electrons. The standard InChI is InChI=1S/C19H22N4O2/c1-15(14-22-12-3-11-20-22)21-18(24)10-7-16-5-8-17(9-6-16)23-13-2-4-19(23)25/h3,5-12,15H,2,4,13-14H2,1H3,(H,21,24)/b10-7-/t15-/m0/s1. The molecule has 2 heterocycles. The summed E-state index contributed by atoms with van der Waals surface area (Å²) in [7, 11) is 0. The number of nitrogens with zero attached hydrogens (tertiary/aromatic N) is 3. The van der Waals surface area contributed by atoms with Crippen molar-refractivity contribution in [3.8, 4) is 0 Å². The Morgan fingerprint density at radius 2 is 2.16 bits per heavy atom. The Kier molecular flexibility index (Phi) is 5.28. The second kappa shape index (κ2) is 7.79. The Morgan fingerprint density at radius 3 is 2.80 bits per heavy atom. The molecule has 1 saturated heterocycles. The van der Waals surface area contributed by atoms with Gasteiger partial charge in [0, 0.05) is 43.2 Å². The molecule has 0 bridgehead atoms. The molecule has 1 aromatic heterocycles. The lowest BCUT2D eigenvalue weighted by Crippen LogP contribution is -2.34. The maximum Gasteiger partial charge on any atom is 0.244 e. The molecule has 25 heavy (non-hydrogen) atoms. The van der Waals surface area contributed by atoms with E-state index in [1.165, 1.54) is 6.08 Å². The van der Waals surface area contributed by atoms with E-state index in [-0.39, 0.29) is 17.9 Å². The lowest BCUT2D eigenvalue weighted by atomic mass is 10.2. The zero-order valence-corrected chi connectivity index (χ0v) is 14.3. The van der Waals surface area contributed by atoms with E-state index in [9.17, 15) is 9.59 Å². The summed E-state index contributed by atoms with van der Waals surface area (Å²) >= 11 is 0. The maximum absolute atomic E-state index is 12.0. The number of rotatable bonds is 6. The molecule has 0 radical (unpaired) electrons. The number of aromatic nitrogens is 2. The van der Waals surface area contributed by atoms with Crippen molar-refractivity contribution in [2.24, 2.45) is 0 Å². The number of nitrogens with one attached hydrogen (secondary N) is 1. The number of carbonyl (C=O) groups excluding carboxylic acids is 2. The SMILES string of the molecule is C[C@@H](Cn1cccn1)NC(=O)/C=C\c1ccc(N2CCCC2=O)cc1. The zero-order valence-electron chi connectivity index (χ0n) is 14.3. The van der Waals surface area contributed by atoms with Gasteiger partial charge in [0.05, 0.1) is 6.54 Å². The normalized spacial score (nSPS) is 15.7. The van der Waals surface area contributed by atoms with Crippen LogP contribution in [0, 0.1) is 0 Å². The molecular formula is C19H22N4O2. The highest BCUT2D eigenvalue weighted by Crippen LogP contribution is 2.21. The zero-order chi connectivity index (χ0) is 17.6. The van der Waals surface area contributed by atoms with Gasteiger partial charge in [-0.3, -0.25) is 14.3 Å². The molecule has 6 nitrogen and oxygen atoms in total. The van der Waals surface area contributed by atoms with Crippen LogP contribution in [-0.4, -0.2) is 34.2 Å². The van der Waals surface area contributed by atoms with Gasteiger partial charge < -0.3 is 10.2 Å². The van der Waals surface area contributed by atoms with Crippen LogP contribution in [0.4, 0.5) is 5.69 Å². The Balaban J connectivity index is 1.52. The molecule has 1 fully saturated rings. The van der Waals surface area contributed by atoms with Gasteiger partial charge in [-0.2, -0.15) is 5.10 Å². The van der Waals surface area contributed by atoms with E-state index < -0.39 is 0 Å². The first-order valence-corrected chi connectivity index (χ1v) is 8.48. The summed E-state index contributed by atoms with van der Waals surface area (Å²) in [5, 5.41) is 7.03. The molecule has 1 aliphatic heterocycles. The molecule has 1 aliphatic rings. The van der Waals surface area contributed by atoms with Gasteiger partial charge in [-0.05, 0) is 43.2 Å². The topological polar surface area (TPSA) is 67.2 Å². The van der Waals surface area contributed by atoms with E-state index in [4.69, 9.17) is 0 Å². The van der Waals surface area contributed by atoms with Gasteiger partial charge in [0.2, 0.25) is 11.8 Å². The Labute approximate surface area is 147 Å². The molecule has 1 N–H and O–H groups in total. The van der Waals surface area contributed by atoms with E-state index in [1.807, 2.05) is 43.5 Å². The Hall–Kier alpha value is -2.89. The van der Waals surface area contributed by atoms with Crippen LogP contribution in [0.15, 0.2) is 48.8 Å². The summed E-state index contributed by atoms with van der Waals surface area (Å²) in [6.07, 6.45) is 8.41. The number of amides is 2. The van der Waals surface area contributed by atoms with E-state index in [0.717, 1.165) is 24.2 Å². The third kappa shape index (κ3) is 4.56. The van der Waals surface area contributed by atoms with Crippen molar-refractivity contribution in [3.05, 3.63) is 54.4 Å². The first-order chi connectivity index (χ1) is 12.1. The van der Waals surface area contributed by atoms with E-state index in [1.54, 1.807) is 21.9 Å². The highest BCUT2D eigenvalue weighted by molar-refractivity contribution is 5.95. The average molecular weight is 338 g/mol. The molecule has 0 spiro atoms. The minimum atomic E-state index is -0.140. The number of hydrogen-bond donors (Lipinski definition) is 1. The van der Waals surface area contributed by atoms with Gasteiger partial charge in [0.15, 0.2) is 0 Å². The van der Waals surface area contributed by atoms with Gasteiger partial charge in [0.1, 0.15) is 0 Å². The lowest BCUT2D eigenvalue weighted by molar-refractivity contribution is -0.117. The van der Waals surface area contributed by atoms with Gasteiger partial charge >= 0.3 is 0 Å². The minimum Gasteiger partial charge on any atom is -0.348 e. The van der Waals surface area contributed by atoms with Crippen molar-refractivity contribution in [1.29, 1.82) is 0 Å². The fraction of sp³-hybridized carbons (Fsp3) is 0.316. The molecule has 1 aromatic carbocycles. The molecule has 3 rings (SSSR count). The summed E-state index contributed by atoms with van der Waals surface area (Å²) in [6, 6.07) is 9.51. The van der Waals surface area contributed by atoms with E-state index >= 15 is 0 Å². The smallest absolute Gasteiger partial charge is 0.244 e. The molecule has 0 saturated carbocycles. The summed E-state index contributed by atoms with van der Waals surface area (Å²) < 4.78 is 1.78. The molecule has 2 amide bonds. The van der Waals surface area contributed by atoms with E-state index in [2.05, 4.69) is 10.4 Å². The Morgan fingerprint density at radius 1 is 1.36 bits per heavy atom. The number of anilines is 1. The second-order valence-electron chi connectivity index (χ2n) is 6.21. The van der Waals surface area contributed by atoms with Gasteiger partial charge in [0.25, 0.3) is 0 Å². The van der Waals surface area contributed by atoms with Crippen molar-refractivity contribution in [3.63, 3.8) is 0 Å². The van der Waals surface area contributed by atoms with Crippen LogP contribution < -0.4 is 10.2 Å². The summed E-state index contributed by atoms with van der Waals surface area (Å²) in [5.74, 6) is 0.0345. The second-order valence-corrected chi connectivity index (χ2v) is 6.21. The van der Waals surface area contributed by atoms with Crippen LogP contribution >= 0.6 is 0 Å². The van der Waals surface area contributed by atoms with Crippen LogP contribution in [0.2, 0.25) is 0 Å². The highest BCUT2D eigenvalue weighted by Gasteiger charge is 2.21. The number of benzene rings is 1. The van der Waals surface area contributed by atoms with Crippen molar-refractivity contribution in [2.75, 3.05) is 11.4 Å². The lowest BCUT2D eigenvalue weighted by Gasteiger charge is -2.15. The first-order valence-electron chi connectivity index (χ1n) is 8.48. The molecule has 1 atom stereocenters. The van der Waals surface area contributed by atoms with Crippen molar-refractivity contribution >= 4 is 23.6 Å². The van der Waals surface area contributed by atoms with Crippen LogP contribution in [0.1, 0.15) is 25.3 Å². The fourth-order valence-electron chi connectivity index (χ4n) is 2.88. The van der Waals surface area contributed by atoms with Crippen LogP contribution in [0.25, 0.3) is 6.08 Å². The molecule has 0 aliphatic carbocycles. The van der Waals surface area contributed by atoms with Crippen LogP contribution in [-0.2, 0) is 16.1 Å². The van der Waals surface area contributed by atoms with Crippen molar-refractivity contribution in [2.45, 2.75) is 32.4 Å². The van der Waals surface area contributed by atoms with Crippen molar-refractivity contribution in [1.82, 2.24) is 15.1 Å². The summed E-state index contributed by atoms with van der Waals surface area (Å²) in [4.78, 5) is 25.5. The molecular weight excluding hydrogens is 316 g/mol. The largest absolute Gasteiger partial charge is 0.348 e. The third-order valence-electron chi connectivity index (χ3n) is 4.11. The minimum absolute atomic E-state index is 0.0133. The fourth-order valence-corrected chi connectivity index (χ4v) is 2.88. The first kappa shape index (κ1) is 17.0. The highest BCUT2D eigenvalue weighted by atomic mass is 16.2. The molecule has 6 heteroatoms. The quantitative estimate of drug-likeness (QED) is 0.821. The van der Waals surface area contributed by atoms with E-state index in [0.29, 0.717) is 13.0 Å². The van der Waals surface area contributed by atoms with Gasteiger partial charge in [-0.15, -0.1) is 0 Å². The van der Waals surface area contributed by atoms with Crippen molar-refractivity contribution < 1.29 is 9.59 Å². The van der Waals surface area contributed by atoms with Crippen LogP contribution in [0.3, 0.4) is 0 Å². The predicted octanol–water partition coefficient (Wildman–Crippen LogP) is 2.23. The molecule has 0 unspecified atom stereocenters. The third-order valence-corrected chi connectivity index (χ3v) is 4.11. The maximum atomic E-state index is 12.0. The average Bonchev–Trinajstić information content (AvgIpc) is 3.25. The molecule has 2 aromatic rings. The van der Waals surface area contributed by atoms with Crippen LogP contribution in [0.5, 0.6) is 0 Å². The predicted molar refractivity (Wildman–Crippen MR) is 96.9 cm³/mol. The summed E-state index contributed by atoms with van der Waals surface area (Å²) in [6.45, 7) is 3.35. The Bertz CT molecular complexity index is 750. The van der Waals surface area contributed by atoms with Gasteiger partial charge in [-0.1, -0.05) is 12.1 Å². The monoisotopic (exact) mass is 338 g/mol. The van der Waals surface area contributed by atoms with Gasteiger partial charge in [-0.25, -0.2) is 0 Å². The number of carbonyl (C=O) groups is 2.